The Kier molecular flexibility index (Phi) is 11.1. The summed E-state index contributed by atoms with van der Waals surface area (Å²) >= 11 is 0. The van der Waals surface area contributed by atoms with E-state index in [2.05, 4.69) is 10.6 Å². The van der Waals surface area contributed by atoms with Gasteiger partial charge in [-0.25, -0.2) is 0 Å². The second kappa shape index (κ2) is 15.2. The number of nitrogens with two attached hydrogens (primary N) is 1. The van der Waals surface area contributed by atoms with Crippen molar-refractivity contribution in [1.29, 1.82) is 0 Å². The molecule has 11 nitrogen and oxygen atoms in total. The van der Waals surface area contributed by atoms with Crippen molar-refractivity contribution < 1.29 is 33.7 Å². The Morgan fingerprint density at radius 1 is 1.07 bits per heavy atom. The van der Waals surface area contributed by atoms with Crippen LogP contribution in [-0.2, 0) is 23.8 Å². The number of aromatic nitrogens is 1. The fourth-order valence-electron chi connectivity index (χ4n) is 4.83. The van der Waals surface area contributed by atoms with Crippen molar-refractivity contribution in [2.45, 2.75) is 44.8 Å². The number of unbranched alkanes of at least 4 members (excludes halogenated alkanes) is 1. The fourth-order valence-corrected chi connectivity index (χ4v) is 4.83. The summed E-state index contributed by atoms with van der Waals surface area (Å²) in [6.45, 7) is 2.48. The number of nitrogens with one attached hydrogen (secondary N) is 2. The lowest BCUT2D eigenvalue weighted by Gasteiger charge is -2.29. The molecule has 2 atom stereocenters. The van der Waals surface area contributed by atoms with Gasteiger partial charge in [0.25, 0.3) is 5.91 Å². The molecule has 1 aromatic heterocycles. The lowest BCUT2D eigenvalue weighted by atomic mass is 9.92. The van der Waals surface area contributed by atoms with Gasteiger partial charge in [0.05, 0.1) is 43.3 Å². The molecule has 11 heteroatoms. The number of fused-ring (bicyclic) bond motifs is 1. The molecule has 0 bridgehead atoms. The van der Waals surface area contributed by atoms with Crippen LogP contribution in [0.25, 0.3) is 10.9 Å². The zero-order chi connectivity index (χ0) is 29.9. The number of carbonyl (C=O) groups is 3. The highest BCUT2D eigenvalue weighted by atomic mass is 16.7. The molecule has 2 amide bonds. The summed E-state index contributed by atoms with van der Waals surface area (Å²) in [7, 11) is 0. The van der Waals surface area contributed by atoms with Crippen LogP contribution < -0.4 is 16.4 Å². The van der Waals surface area contributed by atoms with Crippen LogP contribution in [0.15, 0.2) is 66.6 Å². The van der Waals surface area contributed by atoms with Crippen LogP contribution >= 0.6 is 0 Å². The second-order valence-corrected chi connectivity index (χ2v) is 9.97. The molecule has 4 rings (SSSR count). The molecule has 3 aromatic rings. The highest BCUT2D eigenvalue weighted by Gasteiger charge is 2.30. The van der Waals surface area contributed by atoms with E-state index in [-0.39, 0.29) is 55.8 Å². The van der Waals surface area contributed by atoms with Crippen LogP contribution in [0.2, 0.25) is 0 Å². The minimum absolute atomic E-state index is 0.0817. The van der Waals surface area contributed by atoms with Crippen molar-refractivity contribution in [3.63, 3.8) is 0 Å². The predicted molar refractivity (Wildman–Crippen MR) is 159 cm³/mol. The Balaban J connectivity index is 1.38. The van der Waals surface area contributed by atoms with Gasteiger partial charge in [0.1, 0.15) is 0 Å². The number of allylic oxidation sites excluding steroid dienone is 1. The number of ether oxygens (including phenoxy) is 3. The lowest BCUT2D eigenvalue weighted by molar-refractivity contribution is -0.151. The highest BCUT2D eigenvalue weighted by Crippen LogP contribution is 2.36. The van der Waals surface area contributed by atoms with Crippen molar-refractivity contribution in [3.05, 3.63) is 72.1 Å². The van der Waals surface area contributed by atoms with Crippen LogP contribution in [-0.4, -0.2) is 66.7 Å². The molecule has 0 aliphatic carbocycles. The maximum atomic E-state index is 13.1. The number of nitrogens with zero attached hydrogens (tertiary/aromatic N) is 1. The van der Waals surface area contributed by atoms with Gasteiger partial charge >= 0.3 is 0 Å². The van der Waals surface area contributed by atoms with Gasteiger partial charge in [-0.2, -0.15) is 0 Å². The molecule has 224 valence electrons. The summed E-state index contributed by atoms with van der Waals surface area (Å²) in [6.07, 6.45) is 4.75. The first kappa shape index (κ1) is 30.8. The van der Waals surface area contributed by atoms with E-state index in [0.29, 0.717) is 43.6 Å². The maximum Gasteiger partial charge on any atom is 0.286 e. The normalized spacial score (nSPS) is 16.5. The largest absolute Gasteiger partial charge is 0.459 e. The number of carbonyl (C=O) groups excluding carboxylic acids is 3. The van der Waals surface area contributed by atoms with Crippen molar-refractivity contribution in [3.8, 4) is 0 Å². The summed E-state index contributed by atoms with van der Waals surface area (Å²) in [4.78, 5) is 37.7. The first-order chi connectivity index (χ1) is 20.4. The third-order valence-corrected chi connectivity index (χ3v) is 6.88. The van der Waals surface area contributed by atoms with Crippen LogP contribution in [0.5, 0.6) is 0 Å². The number of aliphatic hydroxyl groups excluding tert-OH is 1. The summed E-state index contributed by atoms with van der Waals surface area (Å²) < 4.78 is 18.7. The third-order valence-electron chi connectivity index (χ3n) is 6.88. The molecular formula is C31H38N4O7. The van der Waals surface area contributed by atoms with Gasteiger partial charge < -0.3 is 35.7 Å². The Hall–Kier alpha value is -4.19. The standard InChI is InChI=1S/C31H38N4O7/c1-21(37)35-20-24(23-8-2-5-11-27(23)35)22-18-28(42-30(19-22)41-17-16-40-15-14-36)31(39)33-13-7-6-12-29(38)34-26-10-4-3-9-25(26)32/h2-5,8-11,18,20,22,30,36H,6-7,12-17,19,32H2,1H3,(H,33,39)(H,34,38)/t22-,30+/m0/s1. The van der Waals surface area contributed by atoms with E-state index >= 15 is 0 Å². The average molecular weight is 579 g/mol. The minimum Gasteiger partial charge on any atom is -0.459 e. The van der Waals surface area contributed by atoms with Gasteiger partial charge in [0, 0.05) is 43.8 Å². The van der Waals surface area contributed by atoms with E-state index in [1.165, 1.54) is 6.92 Å². The Morgan fingerprint density at radius 3 is 2.64 bits per heavy atom. The molecule has 1 aliphatic heterocycles. The second-order valence-electron chi connectivity index (χ2n) is 9.97. The Morgan fingerprint density at radius 2 is 1.86 bits per heavy atom. The van der Waals surface area contributed by atoms with Crippen molar-refractivity contribution in [2.75, 3.05) is 44.0 Å². The molecule has 2 heterocycles. The summed E-state index contributed by atoms with van der Waals surface area (Å²) in [5.41, 5.74) is 8.64. The smallest absolute Gasteiger partial charge is 0.286 e. The number of hydrogen-bond acceptors (Lipinski definition) is 8. The molecule has 0 radical (unpaired) electrons. The van der Waals surface area contributed by atoms with E-state index < -0.39 is 6.29 Å². The molecule has 0 spiro atoms. The van der Waals surface area contributed by atoms with E-state index in [9.17, 15) is 14.4 Å². The maximum absolute atomic E-state index is 13.1. The molecule has 0 fully saturated rings. The molecule has 1 aliphatic rings. The topological polar surface area (TPSA) is 154 Å². The molecule has 42 heavy (non-hydrogen) atoms. The number of hydrogen-bond donors (Lipinski definition) is 4. The van der Waals surface area contributed by atoms with Gasteiger partial charge in [-0.3, -0.25) is 19.0 Å². The van der Waals surface area contributed by atoms with Gasteiger partial charge in [-0.05, 0) is 42.7 Å². The first-order valence-electron chi connectivity index (χ1n) is 14.1. The number of benzene rings is 2. The van der Waals surface area contributed by atoms with E-state index in [4.69, 9.17) is 25.1 Å². The number of para-hydroxylation sites is 3. The number of anilines is 2. The predicted octanol–water partition coefficient (Wildman–Crippen LogP) is 3.55. The van der Waals surface area contributed by atoms with Crippen molar-refractivity contribution >= 4 is 40.0 Å². The van der Waals surface area contributed by atoms with E-state index in [1.54, 1.807) is 34.9 Å². The molecule has 2 aromatic carbocycles. The summed E-state index contributed by atoms with van der Waals surface area (Å²) in [6, 6.07) is 14.7. The molecule has 0 unspecified atom stereocenters. The minimum atomic E-state index is -0.716. The fraction of sp³-hybridized carbons (Fsp3) is 0.387. The quantitative estimate of drug-likeness (QED) is 0.167. The third kappa shape index (κ3) is 8.19. The number of rotatable bonds is 14. The van der Waals surface area contributed by atoms with Crippen LogP contribution in [0.1, 0.15) is 48.9 Å². The molecule has 0 saturated heterocycles. The zero-order valence-corrected chi connectivity index (χ0v) is 23.7. The highest BCUT2D eigenvalue weighted by molar-refractivity contribution is 5.95. The van der Waals surface area contributed by atoms with Gasteiger partial charge in [-0.15, -0.1) is 0 Å². The van der Waals surface area contributed by atoms with Gasteiger partial charge in [-0.1, -0.05) is 30.3 Å². The van der Waals surface area contributed by atoms with E-state index in [0.717, 1.165) is 16.5 Å². The van der Waals surface area contributed by atoms with Gasteiger partial charge in [0.2, 0.25) is 18.1 Å². The van der Waals surface area contributed by atoms with Crippen LogP contribution in [0.3, 0.4) is 0 Å². The molecular weight excluding hydrogens is 540 g/mol. The van der Waals surface area contributed by atoms with Crippen molar-refractivity contribution in [2.24, 2.45) is 0 Å². The van der Waals surface area contributed by atoms with Crippen molar-refractivity contribution in [1.82, 2.24) is 9.88 Å². The number of nitrogen functional groups attached to an aromatic ring is 1. The van der Waals surface area contributed by atoms with E-state index in [1.807, 2.05) is 30.5 Å². The van der Waals surface area contributed by atoms with Gasteiger partial charge in [0.15, 0.2) is 5.76 Å². The first-order valence-corrected chi connectivity index (χ1v) is 14.1. The monoisotopic (exact) mass is 578 g/mol. The van der Waals surface area contributed by atoms with Crippen LogP contribution in [0, 0.1) is 0 Å². The molecule has 5 N–H and O–H groups in total. The van der Waals surface area contributed by atoms with Crippen LogP contribution in [0.4, 0.5) is 11.4 Å². The lowest BCUT2D eigenvalue weighted by Crippen LogP contribution is -2.33. The Bertz CT molecular complexity index is 1420. The summed E-state index contributed by atoms with van der Waals surface area (Å²) in [5, 5.41) is 15.5. The summed E-state index contributed by atoms with van der Waals surface area (Å²) in [5.74, 6) is -0.761. The number of amides is 2. The zero-order valence-electron chi connectivity index (χ0n) is 23.7. The molecule has 0 saturated carbocycles. The number of aliphatic hydroxyl groups is 1. The Labute approximate surface area is 244 Å². The SMILES string of the molecule is CC(=O)n1cc([C@H]2C=C(C(=O)NCCCCC(=O)Nc3ccccc3N)O[C@@H](OCCOCCO)C2)c2ccccc21. The average Bonchev–Trinajstić information content (AvgIpc) is 3.38.